The van der Waals surface area contributed by atoms with E-state index in [1.807, 2.05) is 6.92 Å². The van der Waals surface area contributed by atoms with Crippen molar-refractivity contribution in [1.29, 1.82) is 0 Å². The maximum absolute atomic E-state index is 9.97. The van der Waals surface area contributed by atoms with Crippen LogP contribution in [0, 0.1) is 5.21 Å². The minimum Gasteiger partial charge on any atom is -0.741 e. The van der Waals surface area contributed by atoms with E-state index in [0.717, 1.165) is 6.42 Å². The molecule has 4 nitrogen and oxygen atoms in total. The van der Waals surface area contributed by atoms with Crippen LogP contribution in [-0.4, -0.2) is 18.8 Å². The topological polar surface area (TPSA) is 51.0 Å². The average molecular weight is 116 g/mol. The average Bonchev–Trinajstić information content (AvgIpc) is 1.66. The smallest absolute Gasteiger partial charge is 0.0617 e. The quantitative estimate of drug-likeness (QED) is 0.411. The Bertz CT molecular complexity index is 71.7. The van der Waals surface area contributed by atoms with Crippen LogP contribution >= 0.6 is 0 Å². The van der Waals surface area contributed by atoms with Crippen LogP contribution in [0.4, 0.5) is 0 Å². The third kappa shape index (κ3) is 5.36. The van der Waals surface area contributed by atoms with Crippen molar-refractivity contribution in [2.45, 2.75) is 13.3 Å². The first-order chi connectivity index (χ1) is 3.77. The molecule has 0 spiro atoms. The molecule has 0 saturated heterocycles. The van der Waals surface area contributed by atoms with Crippen molar-refractivity contribution < 1.29 is 0 Å². The van der Waals surface area contributed by atoms with Crippen LogP contribution in [0.1, 0.15) is 13.3 Å². The first-order valence-electron chi connectivity index (χ1n) is 2.55. The van der Waals surface area contributed by atoms with Gasteiger partial charge < -0.3 is 10.4 Å². The second-order valence-electron chi connectivity index (χ2n) is 1.42. The van der Waals surface area contributed by atoms with Gasteiger partial charge >= 0.3 is 0 Å². The lowest BCUT2D eigenvalue weighted by molar-refractivity contribution is 0.447. The van der Waals surface area contributed by atoms with E-state index in [2.05, 4.69) is 10.3 Å². The molecule has 0 aliphatic rings. The van der Waals surface area contributed by atoms with Crippen molar-refractivity contribution in [3.05, 3.63) is 5.21 Å². The molecule has 48 valence electrons. The van der Waals surface area contributed by atoms with Gasteiger partial charge in [-0.1, -0.05) is 12.1 Å². The van der Waals surface area contributed by atoms with E-state index < -0.39 is 0 Å². The lowest BCUT2D eigenvalue weighted by atomic mass is 10.5. The lowest BCUT2D eigenvalue weighted by Crippen LogP contribution is -1.96. The third-order valence-electron chi connectivity index (χ3n) is 0.513. The van der Waals surface area contributed by atoms with E-state index >= 15 is 0 Å². The summed E-state index contributed by atoms with van der Waals surface area (Å²) in [4.78, 5) is 0. The summed E-state index contributed by atoms with van der Waals surface area (Å²) in [5, 5.41) is 17.2. The number of rotatable bonds is 3. The van der Waals surface area contributed by atoms with Gasteiger partial charge in [-0.25, -0.2) is 0 Å². The minimum absolute atomic E-state index is 0.440. The second kappa shape index (κ2) is 4.52. The Kier molecular flexibility index (Phi) is 4.16. The molecule has 0 heterocycles. The summed E-state index contributed by atoms with van der Waals surface area (Å²) in [7, 11) is 1.30. The molecule has 0 aromatic heterocycles. The van der Waals surface area contributed by atoms with Gasteiger partial charge in [-0.2, -0.15) is 5.11 Å². The normalized spacial score (nSPS) is 10.4. The van der Waals surface area contributed by atoms with E-state index in [9.17, 15) is 5.21 Å². The van der Waals surface area contributed by atoms with E-state index in [4.69, 9.17) is 0 Å². The van der Waals surface area contributed by atoms with Crippen molar-refractivity contribution in [1.82, 2.24) is 5.17 Å². The van der Waals surface area contributed by atoms with E-state index in [0.29, 0.717) is 11.7 Å². The number of hydrogen-bond donors (Lipinski definition) is 0. The molecule has 0 atom stereocenters. The molecule has 0 N–H and O–H groups in total. The molecule has 0 bridgehead atoms. The predicted octanol–water partition coefficient (Wildman–Crippen LogP) is 1.19. The van der Waals surface area contributed by atoms with Crippen molar-refractivity contribution in [3.63, 3.8) is 0 Å². The van der Waals surface area contributed by atoms with E-state index in [-0.39, 0.29) is 0 Å². The standard InChI is InChI=1S/C4H10N3O/c1-3-4-5-6-7(2)8/h3-4H2,1-2H3/q-1. The monoisotopic (exact) mass is 116 g/mol. The molecule has 4 heteroatoms. The van der Waals surface area contributed by atoms with Crippen molar-refractivity contribution in [2.75, 3.05) is 13.6 Å². The fourth-order valence-electron chi connectivity index (χ4n) is 0.234. The molecule has 8 heavy (non-hydrogen) atoms. The van der Waals surface area contributed by atoms with Crippen LogP contribution in [0.3, 0.4) is 0 Å². The van der Waals surface area contributed by atoms with Gasteiger partial charge in [0.2, 0.25) is 0 Å². The Morgan fingerprint density at radius 2 is 2.25 bits per heavy atom. The summed E-state index contributed by atoms with van der Waals surface area (Å²) in [5.41, 5.74) is 0. The van der Waals surface area contributed by atoms with Gasteiger partial charge in [0.25, 0.3) is 0 Å². The predicted molar refractivity (Wildman–Crippen MR) is 31.1 cm³/mol. The first-order valence-corrected chi connectivity index (χ1v) is 2.55. The zero-order valence-electron chi connectivity index (χ0n) is 5.16. The number of hydrogen-bond acceptors (Lipinski definition) is 3. The molecule has 0 fully saturated rings. The van der Waals surface area contributed by atoms with Gasteiger partial charge in [-0.15, -0.1) is 0 Å². The zero-order chi connectivity index (χ0) is 6.41. The van der Waals surface area contributed by atoms with Crippen LogP contribution in [0.25, 0.3) is 0 Å². The zero-order valence-corrected chi connectivity index (χ0v) is 5.16. The second-order valence-corrected chi connectivity index (χ2v) is 1.42. The SMILES string of the molecule is CCCN=NN(C)[O-]. The lowest BCUT2D eigenvalue weighted by Gasteiger charge is -2.13. The Morgan fingerprint density at radius 1 is 1.62 bits per heavy atom. The third-order valence-corrected chi connectivity index (χ3v) is 0.513. The number of nitrogens with zero attached hydrogens (tertiary/aromatic N) is 3. The van der Waals surface area contributed by atoms with E-state index in [1.54, 1.807) is 0 Å². The van der Waals surface area contributed by atoms with Crippen LogP contribution in [-0.2, 0) is 0 Å². The Morgan fingerprint density at radius 3 is 2.62 bits per heavy atom. The van der Waals surface area contributed by atoms with Gasteiger partial charge in [-0.3, -0.25) is 0 Å². The van der Waals surface area contributed by atoms with Crippen LogP contribution in [0.5, 0.6) is 0 Å². The molecule has 0 aliphatic carbocycles. The van der Waals surface area contributed by atoms with Gasteiger partial charge in [0.1, 0.15) is 0 Å². The molecule has 0 aromatic rings. The van der Waals surface area contributed by atoms with Gasteiger partial charge in [0.05, 0.1) is 6.54 Å². The Labute approximate surface area is 48.8 Å². The van der Waals surface area contributed by atoms with Crippen molar-refractivity contribution in [2.24, 2.45) is 10.3 Å². The fraction of sp³-hybridized carbons (Fsp3) is 1.00. The Balaban J connectivity index is 3.07. The minimum atomic E-state index is 0.440. The summed E-state index contributed by atoms with van der Waals surface area (Å²) < 4.78 is 0. The molecule has 0 saturated carbocycles. The van der Waals surface area contributed by atoms with Crippen LogP contribution in [0.2, 0.25) is 0 Å². The molecular weight excluding hydrogens is 106 g/mol. The summed E-state index contributed by atoms with van der Waals surface area (Å²) in [6, 6.07) is 0. The van der Waals surface area contributed by atoms with Crippen molar-refractivity contribution >= 4 is 0 Å². The highest BCUT2D eigenvalue weighted by molar-refractivity contribution is 4.35. The van der Waals surface area contributed by atoms with Gasteiger partial charge in [-0.05, 0) is 6.42 Å². The maximum atomic E-state index is 9.97. The first kappa shape index (κ1) is 7.36. The molecule has 0 aromatic carbocycles. The van der Waals surface area contributed by atoms with Crippen LogP contribution < -0.4 is 0 Å². The summed E-state index contributed by atoms with van der Waals surface area (Å²) >= 11 is 0. The highest BCUT2D eigenvalue weighted by atomic mass is 16.5. The molecule has 0 unspecified atom stereocenters. The highest BCUT2D eigenvalue weighted by Gasteiger charge is 1.71. The summed E-state index contributed by atoms with van der Waals surface area (Å²) in [6.45, 7) is 2.61. The summed E-state index contributed by atoms with van der Waals surface area (Å²) in [5.74, 6) is 0. The van der Waals surface area contributed by atoms with Crippen LogP contribution in [0.15, 0.2) is 10.3 Å². The Hall–Kier alpha value is -0.640. The highest BCUT2D eigenvalue weighted by Crippen LogP contribution is 1.82. The van der Waals surface area contributed by atoms with Gasteiger partial charge in [0, 0.05) is 7.05 Å². The molecular formula is C4H10N3O-. The maximum Gasteiger partial charge on any atom is 0.0617 e. The summed E-state index contributed by atoms with van der Waals surface area (Å²) in [6.07, 6.45) is 0.928. The largest absolute Gasteiger partial charge is 0.741 e. The molecule has 0 radical (unpaired) electrons. The molecule has 0 amide bonds. The van der Waals surface area contributed by atoms with Crippen molar-refractivity contribution in [3.8, 4) is 0 Å². The molecule has 0 aliphatic heterocycles. The fourth-order valence-corrected chi connectivity index (χ4v) is 0.234. The molecule has 0 rings (SSSR count). The van der Waals surface area contributed by atoms with E-state index in [1.165, 1.54) is 7.05 Å². The number of hydroxylamine groups is 1. The van der Waals surface area contributed by atoms with Gasteiger partial charge in [0.15, 0.2) is 0 Å².